The van der Waals surface area contributed by atoms with E-state index < -0.39 is 18.0 Å². The second-order valence-electron chi connectivity index (χ2n) is 5.81. The third kappa shape index (κ3) is 5.06. The van der Waals surface area contributed by atoms with E-state index in [1.165, 1.54) is 25.1 Å². The number of hydrogen-bond donors (Lipinski definition) is 1. The number of amides is 1. The minimum absolute atomic E-state index is 0.286. The predicted molar refractivity (Wildman–Crippen MR) is 109 cm³/mol. The molecule has 3 aromatic rings. The lowest BCUT2D eigenvalue weighted by atomic mass is 10.3. The first-order chi connectivity index (χ1) is 13.4. The molecule has 1 atom stereocenters. The van der Waals surface area contributed by atoms with Crippen molar-refractivity contribution in [2.45, 2.75) is 13.0 Å². The molecular weight excluding hydrogens is 401 g/mol. The Kier molecular flexibility index (Phi) is 6.23. The fourth-order valence-corrected chi connectivity index (χ4v) is 2.75. The summed E-state index contributed by atoms with van der Waals surface area (Å²) < 4.78 is 5.10. The quantitative estimate of drug-likeness (QED) is 0.489. The van der Waals surface area contributed by atoms with E-state index in [1.807, 2.05) is 24.3 Å². The number of aromatic nitrogens is 2. The van der Waals surface area contributed by atoms with Gasteiger partial charge in [0.2, 0.25) is 0 Å². The summed E-state index contributed by atoms with van der Waals surface area (Å²) in [6.07, 6.45) is 3.19. The first kappa shape index (κ1) is 19.8. The number of fused-ring (bicyclic) bond motifs is 1. The van der Waals surface area contributed by atoms with E-state index in [4.69, 9.17) is 27.9 Å². The number of benzene rings is 2. The molecule has 0 fully saturated rings. The topological polar surface area (TPSA) is 81.2 Å². The Balaban J connectivity index is 1.59. The maximum absolute atomic E-state index is 12.2. The minimum Gasteiger partial charge on any atom is -0.449 e. The number of nitrogens with one attached hydrogen (secondary N) is 1. The molecule has 3 rings (SSSR count). The molecule has 8 heteroatoms. The van der Waals surface area contributed by atoms with Gasteiger partial charge in [0, 0.05) is 11.1 Å². The number of nitrogens with zero attached hydrogens (tertiary/aromatic N) is 2. The summed E-state index contributed by atoms with van der Waals surface area (Å²) in [6, 6.07) is 12.0. The standard InChI is InChI=1S/C20H15Cl2N3O3/c1-12(20(27)25-16-8-6-13(21)10-15(16)22)28-19(26)9-7-14-11-23-17-4-2-3-5-18(17)24-14/h2-12H,1H3,(H,25,27)/b9-7+. The number of hydrogen-bond acceptors (Lipinski definition) is 5. The molecule has 0 saturated carbocycles. The monoisotopic (exact) mass is 415 g/mol. The van der Waals surface area contributed by atoms with Gasteiger partial charge in [-0.3, -0.25) is 9.78 Å². The van der Waals surface area contributed by atoms with E-state index in [1.54, 1.807) is 18.3 Å². The van der Waals surface area contributed by atoms with Gasteiger partial charge in [0.15, 0.2) is 6.10 Å². The number of carbonyl (C=O) groups is 2. The molecule has 0 bridgehead atoms. The van der Waals surface area contributed by atoms with Crippen molar-refractivity contribution in [2.75, 3.05) is 5.32 Å². The van der Waals surface area contributed by atoms with Gasteiger partial charge in [-0.1, -0.05) is 35.3 Å². The first-order valence-corrected chi connectivity index (χ1v) is 9.04. The van der Waals surface area contributed by atoms with Gasteiger partial charge in [0.25, 0.3) is 5.91 Å². The largest absolute Gasteiger partial charge is 0.449 e. The van der Waals surface area contributed by atoms with Crippen LogP contribution in [0.3, 0.4) is 0 Å². The summed E-state index contributed by atoms with van der Waals surface area (Å²) in [5.74, 6) is -1.20. The highest BCUT2D eigenvalue weighted by molar-refractivity contribution is 6.36. The van der Waals surface area contributed by atoms with Crippen molar-refractivity contribution in [2.24, 2.45) is 0 Å². The van der Waals surface area contributed by atoms with Crippen LogP contribution in [0.2, 0.25) is 10.0 Å². The Bertz CT molecular complexity index is 1070. The summed E-state index contributed by atoms with van der Waals surface area (Å²) in [6.45, 7) is 1.46. The lowest BCUT2D eigenvalue weighted by Crippen LogP contribution is -2.29. The van der Waals surface area contributed by atoms with Crippen LogP contribution in [0.1, 0.15) is 12.6 Å². The number of carbonyl (C=O) groups excluding carboxylic acids is 2. The highest BCUT2D eigenvalue weighted by atomic mass is 35.5. The molecule has 0 spiro atoms. The SMILES string of the molecule is CC(OC(=O)/C=C/c1cnc2ccccc2n1)C(=O)Nc1ccc(Cl)cc1Cl. The van der Waals surface area contributed by atoms with E-state index in [9.17, 15) is 9.59 Å². The van der Waals surface area contributed by atoms with Gasteiger partial charge in [-0.15, -0.1) is 0 Å². The number of esters is 1. The Morgan fingerprint density at radius 2 is 1.89 bits per heavy atom. The fraction of sp³-hybridized carbons (Fsp3) is 0.100. The summed E-state index contributed by atoms with van der Waals surface area (Å²) in [7, 11) is 0. The minimum atomic E-state index is -1.02. The van der Waals surface area contributed by atoms with Crippen LogP contribution in [0.4, 0.5) is 5.69 Å². The maximum atomic E-state index is 12.2. The molecule has 1 heterocycles. The second kappa shape index (κ2) is 8.82. The van der Waals surface area contributed by atoms with Crippen LogP contribution in [-0.2, 0) is 14.3 Å². The Hall–Kier alpha value is -2.96. The molecule has 0 saturated heterocycles. The van der Waals surface area contributed by atoms with Crippen LogP contribution in [-0.4, -0.2) is 27.9 Å². The van der Waals surface area contributed by atoms with Crippen LogP contribution >= 0.6 is 23.2 Å². The van der Waals surface area contributed by atoms with Crippen molar-refractivity contribution < 1.29 is 14.3 Å². The van der Waals surface area contributed by atoms with E-state index in [-0.39, 0.29) is 5.02 Å². The van der Waals surface area contributed by atoms with Gasteiger partial charge in [-0.2, -0.15) is 0 Å². The number of para-hydroxylation sites is 2. The second-order valence-corrected chi connectivity index (χ2v) is 6.65. The molecular formula is C20H15Cl2N3O3. The van der Waals surface area contributed by atoms with Crippen molar-refractivity contribution >= 4 is 57.9 Å². The smallest absolute Gasteiger partial charge is 0.331 e. The van der Waals surface area contributed by atoms with Gasteiger partial charge in [0.1, 0.15) is 0 Å². The molecule has 6 nitrogen and oxygen atoms in total. The van der Waals surface area contributed by atoms with E-state index in [2.05, 4.69) is 15.3 Å². The lowest BCUT2D eigenvalue weighted by molar-refractivity contribution is -0.148. The van der Waals surface area contributed by atoms with Gasteiger partial charge in [-0.05, 0) is 43.3 Å². The number of halogens is 2. The Labute approximate surface area is 171 Å². The average molecular weight is 416 g/mol. The Morgan fingerprint density at radius 3 is 2.64 bits per heavy atom. The van der Waals surface area contributed by atoms with E-state index >= 15 is 0 Å². The molecule has 28 heavy (non-hydrogen) atoms. The third-order valence-corrected chi connectivity index (χ3v) is 4.26. The lowest BCUT2D eigenvalue weighted by Gasteiger charge is -2.13. The molecule has 0 radical (unpaired) electrons. The molecule has 1 amide bonds. The van der Waals surface area contributed by atoms with E-state index in [0.717, 1.165) is 5.52 Å². The van der Waals surface area contributed by atoms with Gasteiger partial charge in [-0.25, -0.2) is 9.78 Å². The maximum Gasteiger partial charge on any atom is 0.331 e. The van der Waals surface area contributed by atoms with E-state index in [0.29, 0.717) is 21.9 Å². The van der Waals surface area contributed by atoms with Crippen LogP contribution in [0.25, 0.3) is 17.1 Å². The van der Waals surface area contributed by atoms with Crippen molar-refractivity contribution in [3.8, 4) is 0 Å². The molecule has 142 valence electrons. The van der Waals surface area contributed by atoms with Gasteiger partial charge >= 0.3 is 5.97 Å². The van der Waals surface area contributed by atoms with Crippen molar-refractivity contribution in [1.82, 2.24) is 9.97 Å². The predicted octanol–water partition coefficient (Wildman–Crippen LogP) is 4.52. The van der Waals surface area contributed by atoms with Crippen LogP contribution in [0, 0.1) is 0 Å². The summed E-state index contributed by atoms with van der Waals surface area (Å²) in [5, 5.41) is 3.32. The highest BCUT2D eigenvalue weighted by Crippen LogP contribution is 2.25. The summed E-state index contributed by atoms with van der Waals surface area (Å²) in [4.78, 5) is 32.8. The zero-order valence-electron chi connectivity index (χ0n) is 14.7. The number of rotatable bonds is 5. The van der Waals surface area contributed by atoms with Crippen LogP contribution < -0.4 is 5.32 Å². The van der Waals surface area contributed by atoms with Crippen molar-refractivity contribution in [3.63, 3.8) is 0 Å². The third-order valence-electron chi connectivity index (χ3n) is 3.71. The summed E-state index contributed by atoms with van der Waals surface area (Å²) >= 11 is 11.8. The zero-order chi connectivity index (χ0) is 20.1. The molecule has 2 aromatic carbocycles. The van der Waals surface area contributed by atoms with Crippen LogP contribution in [0.5, 0.6) is 0 Å². The molecule has 1 N–H and O–H groups in total. The first-order valence-electron chi connectivity index (χ1n) is 8.29. The Morgan fingerprint density at radius 1 is 1.14 bits per heavy atom. The summed E-state index contributed by atoms with van der Waals surface area (Å²) in [5.41, 5.74) is 2.35. The van der Waals surface area contributed by atoms with Crippen LogP contribution in [0.15, 0.2) is 54.7 Å². The van der Waals surface area contributed by atoms with Gasteiger partial charge < -0.3 is 10.1 Å². The highest BCUT2D eigenvalue weighted by Gasteiger charge is 2.17. The average Bonchev–Trinajstić information content (AvgIpc) is 2.68. The fourth-order valence-electron chi connectivity index (χ4n) is 2.30. The number of ether oxygens (including phenoxy) is 1. The number of anilines is 1. The molecule has 0 aliphatic heterocycles. The zero-order valence-corrected chi connectivity index (χ0v) is 16.2. The molecule has 0 aliphatic carbocycles. The van der Waals surface area contributed by atoms with Crippen molar-refractivity contribution in [3.05, 3.63) is 70.5 Å². The molecule has 1 aromatic heterocycles. The molecule has 0 aliphatic rings. The van der Waals surface area contributed by atoms with Crippen molar-refractivity contribution in [1.29, 1.82) is 0 Å². The molecule has 1 unspecified atom stereocenters. The van der Waals surface area contributed by atoms with Gasteiger partial charge in [0.05, 0.1) is 33.6 Å². The normalized spacial score (nSPS) is 12.1.